The number of sulfonamides is 1. The van der Waals surface area contributed by atoms with Gasteiger partial charge in [0, 0.05) is 23.7 Å². The summed E-state index contributed by atoms with van der Waals surface area (Å²) in [7, 11) is -3.82. The maximum atomic E-state index is 12.4. The summed E-state index contributed by atoms with van der Waals surface area (Å²) in [6.45, 7) is 1.74. The number of aromatic nitrogens is 2. The second-order valence-corrected chi connectivity index (χ2v) is 7.57. The topological polar surface area (TPSA) is 101 Å². The highest BCUT2D eigenvalue weighted by Gasteiger charge is 2.15. The van der Waals surface area contributed by atoms with Crippen LogP contribution in [0, 0.1) is 6.92 Å². The Bertz CT molecular complexity index is 1100. The van der Waals surface area contributed by atoms with E-state index in [1.54, 1.807) is 19.1 Å². The van der Waals surface area contributed by atoms with Gasteiger partial charge in [0.05, 0.1) is 4.90 Å². The first-order chi connectivity index (χ1) is 13.4. The van der Waals surface area contributed by atoms with Crippen molar-refractivity contribution in [1.82, 2.24) is 9.97 Å². The van der Waals surface area contributed by atoms with Crippen LogP contribution >= 0.6 is 0 Å². The molecule has 0 radical (unpaired) electrons. The highest BCUT2D eigenvalue weighted by Crippen LogP contribution is 2.16. The molecule has 142 valence electrons. The molecule has 2 aromatic carbocycles. The van der Waals surface area contributed by atoms with Crippen LogP contribution in [0.15, 0.2) is 77.8 Å². The zero-order valence-corrected chi connectivity index (χ0v) is 15.8. The standard InChI is InChI=1S/C20H18N4O3S/c1-15-13-14-21-20(22-15)24-28(26,27)18-10-8-17(9-11-18)23-19(25)12-7-16-5-3-2-4-6-16/h2-14H,1H3,(H,23,25)(H,21,22,24)/b12-7+. The van der Waals surface area contributed by atoms with E-state index in [1.165, 1.54) is 36.5 Å². The van der Waals surface area contributed by atoms with Crippen molar-refractivity contribution >= 4 is 33.6 Å². The zero-order chi connectivity index (χ0) is 20.0. The van der Waals surface area contributed by atoms with E-state index in [2.05, 4.69) is 20.0 Å². The summed E-state index contributed by atoms with van der Waals surface area (Å²) in [5, 5.41) is 2.68. The van der Waals surface area contributed by atoms with Crippen molar-refractivity contribution in [3.63, 3.8) is 0 Å². The minimum Gasteiger partial charge on any atom is -0.323 e. The number of anilines is 2. The first kappa shape index (κ1) is 19.2. The lowest BCUT2D eigenvalue weighted by Crippen LogP contribution is -2.15. The summed E-state index contributed by atoms with van der Waals surface area (Å²) >= 11 is 0. The number of nitrogens with zero attached hydrogens (tertiary/aromatic N) is 2. The van der Waals surface area contributed by atoms with E-state index in [0.29, 0.717) is 11.4 Å². The van der Waals surface area contributed by atoms with Gasteiger partial charge in [-0.25, -0.2) is 23.1 Å². The molecule has 0 saturated carbocycles. The minimum atomic E-state index is -3.82. The molecular weight excluding hydrogens is 376 g/mol. The maximum Gasteiger partial charge on any atom is 0.264 e. The van der Waals surface area contributed by atoms with Crippen LogP contribution < -0.4 is 10.0 Å². The van der Waals surface area contributed by atoms with Crippen LogP contribution in [0.1, 0.15) is 11.3 Å². The number of amides is 1. The molecule has 0 unspecified atom stereocenters. The molecule has 3 aromatic rings. The van der Waals surface area contributed by atoms with Gasteiger partial charge in [0.1, 0.15) is 0 Å². The Morgan fingerprint density at radius 3 is 2.39 bits per heavy atom. The number of hydrogen-bond donors (Lipinski definition) is 2. The molecule has 0 aliphatic rings. The normalized spacial score (nSPS) is 11.3. The Morgan fingerprint density at radius 2 is 1.71 bits per heavy atom. The molecule has 0 fully saturated rings. The third-order valence-corrected chi connectivity index (χ3v) is 5.02. The lowest BCUT2D eigenvalue weighted by molar-refractivity contribution is -0.111. The highest BCUT2D eigenvalue weighted by atomic mass is 32.2. The maximum absolute atomic E-state index is 12.4. The monoisotopic (exact) mass is 394 g/mol. The Morgan fingerprint density at radius 1 is 1.00 bits per heavy atom. The Kier molecular flexibility index (Phi) is 5.81. The quantitative estimate of drug-likeness (QED) is 0.625. The number of carbonyl (C=O) groups excluding carboxylic acids is 1. The van der Waals surface area contributed by atoms with Gasteiger partial charge in [0.2, 0.25) is 11.9 Å². The molecule has 7 nitrogen and oxygen atoms in total. The van der Waals surface area contributed by atoms with Gasteiger partial charge in [-0.3, -0.25) is 4.79 Å². The first-order valence-corrected chi connectivity index (χ1v) is 9.87. The van der Waals surface area contributed by atoms with E-state index in [9.17, 15) is 13.2 Å². The van der Waals surface area contributed by atoms with Gasteiger partial charge >= 0.3 is 0 Å². The van der Waals surface area contributed by atoms with Gasteiger partial charge in [-0.15, -0.1) is 0 Å². The summed E-state index contributed by atoms with van der Waals surface area (Å²) in [6, 6.07) is 16.9. The number of rotatable bonds is 6. The Balaban J connectivity index is 1.65. The predicted octanol–water partition coefficient (Wildman–Crippen LogP) is 3.24. The molecule has 0 spiro atoms. The molecule has 0 saturated heterocycles. The van der Waals surface area contributed by atoms with Crippen LogP contribution in [0.25, 0.3) is 6.08 Å². The summed E-state index contributed by atoms with van der Waals surface area (Å²) < 4.78 is 27.2. The predicted molar refractivity (Wildman–Crippen MR) is 108 cm³/mol. The second kappa shape index (κ2) is 8.45. The van der Waals surface area contributed by atoms with Crippen LogP contribution in [0.5, 0.6) is 0 Å². The highest BCUT2D eigenvalue weighted by molar-refractivity contribution is 7.92. The first-order valence-electron chi connectivity index (χ1n) is 8.39. The van der Waals surface area contributed by atoms with Crippen molar-refractivity contribution in [3.05, 3.63) is 84.2 Å². The zero-order valence-electron chi connectivity index (χ0n) is 15.0. The fourth-order valence-corrected chi connectivity index (χ4v) is 3.27. The number of hydrogen-bond acceptors (Lipinski definition) is 5. The van der Waals surface area contributed by atoms with Crippen molar-refractivity contribution in [2.24, 2.45) is 0 Å². The van der Waals surface area contributed by atoms with Crippen molar-refractivity contribution in [3.8, 4) is 0 Å². The van der Waals surface area contributed by atoms with E-state index in [0.717, 1.165) is 5.56 Å². The third kappa shape index (κ3) is 5.24. The molecule has 0 atom stereocenters. The number of nitrogens with one attached hydrogen (secondary N) is 2. The molecule has 0 bridgehead atoms. The Hall–Kier alpha value is -3.52. The molecule has 3 rings (SSSR count). The van der Waals surface area contributed by atoms with Gasteiger partial charge in [-0.1, -0.05) is 30.3 Å². The van der Waals surface area contributed by atoms with Crippen molar-refractivity contribution in [2.75, 3.05) is 10.0 Å². The van der Waals surface area contributed by atoms with E-state index >= 15 is 0 Å². The summed E-state index contributed by atoms with van der Waals surface area (Å²) in [4.78, 5) is 19.9. The van der Waals surface area contributed by atoms with Gasteiger partial charge in [0.15, 0.2) is 0 Å². The average Bonchev–Trinajstić information content (AvgIpc) is 2.67. The van der Waals surface area contributed by atoms with Crippen LogP contribution in [0.4, 0.5) is 11.6 Å². The smallest absolute Gasteiger partial charge is 0.264 e. The SMILES string of the molecule is Cc1ccnc(NS(=O)(=O)c2ccc(NC(=O)/C=C/c3ccccc3)cc2)n1. The number of aryl methyl sites for hydroxylation is 1. The number of benzene rings is 2. The van der Waals surface area contributed by atoms with Crippen molar-refractivity contribution in [1.29, 1.82) is 0 Å². The van der Waals surface area contributed by atoms with E-state index in [1.807, 2.05) is 30.3 Å². The van der Waals surface area contributed by atoms with Crippen LogP contribution in [-0.2, 0) is 14.8 Å². The van der Waals surface area contributed by atoms with Crippen LogP contribution in [0.2, 0.25) is 0 Å². The minimum absolute atomic E-state index is 0.00317. The molecular formula is C20H18N4O3S. The molecule has 1 heterocycles. The van der Waals surface area contributed by atoms with Crippen LogP contribution in [0.3, 0.4) is 0 Å². The summed E-state index contributed by atoms with van der Waals surface area (Å²) in [5.41, 5.74) is 2.03. The lowest BCUT2D eigenvalue weighted by Gasteiger charge is -2.08. The van der Waals surface area contributed by atoms with E-state index in [4.69, 9.17) is 0 Å². The van der Waals surface area contributed by atoms with Crippen molar-refractivity contribution in [2.45, 2.75) is 11.8 Å². The fraction of sp³-hybridized carbons (Fsp3) is 0.0500. The van der Waals surface area contributed by atoms with Gasteiger partial charge < -0.3 is 5.32 Å². The van der Waals surface area contributed by atoms with Crippen molar-refractivity contribution < 1.29 is 13.2 Å². The van der Waals surface area contributed by atoms with E-state index < -0.39 is 10.0 Å². The van der Waals surface area contributed by atoms with Gasteiger partial charge in [0.25, 0.3) is 10.0 Å². The molecule has 1 aromatic heterocycles. The molecule has 2 N–H and O–H groups in total. The van der Waals surface area contributed by atoms with Gasteiger partial charge in [-0.05, 0) is 48.9 Å². The summed E-state index contributed by atoms with van der Waals surface area (Å²) in [6.07, 6.45) is 4.58. The molecule has 0 aliphatic heterocycles. The fourth-order valence-electron chi connectivity index (χ4n) is 2.31. The molecule has 8 heteroatoms. The van der Waals surface area contributed by atoms with Gasteiger partial charge in [-0.2, -0.15) is 0 Å². The molecule has 0 aliphatic carbocycles. The largest absolute Gasteiger partial charge is 0.323 e. The number of carbonyl (C=O) groups is 1. The summed E-state index contributed by atoms with van der Waals surface area (Å²) in [5.74, 6) is -0.311. The lowest BCUT2D eigenvalue weighted by atomic mass is 10.2. The van der Waals surface area contributed by atoms with Crippen LogP contribution in [-0.4, -0.2) is 24.3 Å². The molecule has 1 amide bonds. The second-order valence-electron chi connectivity index (χ2n) is 5.88. The average molecular weight is 394 g/mol. The Labute approximate surface area is 163 Å². The van der Waals surface area contributed by atoms with E-state index in [-0.39, 0.29) is 16.8 Å². The molecule has 28 heavy (non-hydrogen) atoms. The third-order valence-electron chi connectivity index (χ3n) is 3.68.